The fourth-order valence-corrected chi connectivity index (χ4v) is 3.11. The Morgan fingerprint density at radius 2 is 1.65 bits per heavy atom. The van der Waals surface area contributed by atoms with E-state index in [9.17, 15) is 14.7 Å². The molecule has 0 aromatic carbocycles. The van der Waals surface area contributed by atoms with E-state index in [1.807, 2.05) is 13.8 Å². The van der Waals surface area contributed by atoms with Gasteiger partial charge in [0.1, 0.15) is 0 Å². The second-order valence-electron chi connectivity index (χ2n) is 6.14. The van der Waals surface area contributed by atoms with E-state index in [1.54, 1.807) is 0 Å². The lowest BCUT2D eigenvalue weighted by Crippen LogP contribution is -2.44. The van der Waals surface area contributed by atoms with Gasteiger partial charge in [0.15, 0.2) is 0 Å². The number of carboxylic acids is 1. The average molecular weight is 283 g/mol. The van der Waals surface area contributed by atoms with Crippen LogP contribution in [0.1, 0.15) is 65.7 Å². The molecule has 0 saturated heterocycles. The normalized spacial score (nSPS) is 23.4. The molecule has 1 rings (SSSR count). The molecule has 0 radical (unpaired) electrons. The van der Waals surface area contributed by atoms with Gasteiger partial charge < -0.3 is 10.4 Å². The largest absolute Gasteiger partial charge is 0.481 e. The predicted octanol–water partition coefficient (Wildman–Crippen LogP) is 3.21. The molecular weight excluding hydrogens is 254 g/mol. The molecule has 0 unspecified atom stereocenters. The molecule has 1 fully saturated rings. The fraction of sp³-hybridized carbons (Fsp3) is 0.875. The molecule has 1 aliphatic rings. The number of hydrogen-bond donors (Lipinski definition) is 2. The predicted molar refractivity (Wildman–Crippen MR) is 79.4 cm³/mol. The van der Waals surface area contributed by atoms with Crippen LogP contribution in [0.2, 0.25) is 0 Å². The highest BCUT2D eigenvalue weighted by Gasteiger charge is 2.36. The standard InChI is InChI=1S/C16H29NO3/c1-4-12-7-9-13(10-8-12)14(18)17-11-16(5-2,6-3)15(19)20/h12-13H,4-11H2,1-3H3,(H,17,18)(H,19,20). The van der Waals surface area contributed by atoms with Crippen LogP contribution in [0.4, 0.5) is 0 Å². The molecular formula is C16H29NO3. The van der Waals surface area contributed by atoms with Gasteiger partial charge in [0.25, 0.3) is 0 Å². The van der Waals surface area contributed by atoms with Crippen molar-refractivity contribution in [3.63, 3.8) is 0 Å². The van der Waals surface area contributed by atoms with Gasteiger partial charge in [0.2, 0.25) is 5.91 Å². The van der Waals surface area contributed by atoms with Crippen molar-refractivity contribution in [3.8, 4) is 0 Å². The summed E-state index contributed by atoms with van der Waals surface area (Å²) in [5, 5.41) is 12.3. The van der Waals surface area contributed by atoms with E-state index in [0.29, 0.717) is 12.8 Å². The molecule has 0 atom stereocenters. The molecule has 4 heteroatoms. The van der Waals surface area contributed by atoms with E-state index in [2.05, 4.69) is 12.2 Å². The van der Waals surface area contributed by atoms with Crippen LogP contribution in [0.5, 0.6) is 0 Å². The van der Waals surface area contributed by atoms with Crippen molar-refractivity contribution < 1.29 is 14.7 Å². The van der Waals surface area contributed by atoms with Crippen LogP contribution in [0, 0.1) is 17.3 Å². The minimum Gasteiger partial charge on any atom is -0.481 e. The van der Waals surface area contributed by atoms with Gasteiger partial charge in [-0.15, -0.1) is 0 Å². The van der Waals surface area contributed by atoms with Crippen LogP contribution in [0.3, 0.4) is 0 Å². The molecule has 0 aromatic rings. The third-order valence-corrected chi connectivity index (χ3v) is 5.20. The van der Waals surface area contributed by atoms with Crippen LogP contribution in [-0.4, -0.2) is 23.5 Å². The van der Waals surface area contributed by atoms with E-state index in [0.717, 1.165) is 31.6 Å². The molecule has 0 aromatic heterocycles. The summed E-state index contributed by atoms with van der Waals surface area (Å²) < 4.78 is 0. The van der Waals surface area contributed by atoms with Crippen molar-refractivity contribution in [2.24, 2.45) is 17.3 Å². The maximum Gasteiger partial charge on any atom is 0.311 e. The van der Waals surface area contributed by atoms with E-state index in [4.69, 9.17) is 0 Å². The lowest BCUT2D eigenvalue weighted by molar-refractivity contribution is -0.149. The number of carbonyl (C=O) groups excluding carboxylic acids is 1. The molecule has 1 amide bonds. The summed E-state index contributed by atoms with van der Waals surface area (Å²) in [6.45, 7) is 6.20. The lowest BCUT2D eigenvalue weighted by Gasteiger charge is -2.30. The van der Waals surface area contributed by atoms with Gasteiger partial charge in [-0.25, -0.2) is 0 Å². The zero-order valence-electron chi connectivity index (χ0n) is 13.1. The molecule has 2 N–H and O–H groups in total. The van der Waals surface area contributed by atoms with Gasteiger partial charge in [-0.3, -0.25) is 9.59 Å². The number of aliphatic carboxylic acids is 1. The van der Waals surface area contributed by atoms with Crippen LogP contribution in [-0.2, 0) is 9.59 Å². The van der Waals surface area contributed by atoms with E-state index < -0.39 is 11.4 Å². The molecule has 0 aliphatic heterocycles. The van der Waals surface area contributed by atoms with E-state index >= 15 is 0 Å². The number of rotatable bonds is 7. The molecule has 0 spiro atoms. The SMILES string of the molecule is CCC1CCC(C(=O)NCC(CC)(CC)C(=O)O)CC1. The molecule has 116 valence electrons. The minimum atomic E-state index is -0.809. The van der Waals surface area contributed by atoms with Gasteiger partial charge in [0, 0.05) is 12.5 Å². The summed E-state index contributed by atoms with van der Waals surface area (Å²) in [5.74, 6) is 0.0889. The Morgan fingerprint density at radius 3 is 2.05 bits per heavy atom. The first-order valence-corrected chi connectivity index (χ1v) is 8.00. The molecule has 1 saturated carbocycles. The summed E-state index contributed by atoms with van der Waals surface area (Å²) in [6, 6.07) is 0. The van der Waals surface area contributed by atoms with E-state index in [1.165, 1.54) is 6.42 Å². The molecule has 4 nitrogen and oxygen atoms in total. The maximum atomic E-state index is 12.2. The third kappa shape index (κ3) is 3.97. The van der Waals surface area contributed by atoms with Gasteiger partial charge in [-0.1, -0.05) is 27.2 Å². The number of amides is 1. The summed E-state index contributed by atoms with van der Waals surface area (Å²) in [5.41, 5.74) is -0.809. The summed E-state index contributed by atoms with van der Waals surface area (Å²) in [6.07, 6.45) is 6.43. The van der Waals surface area contributed by atoms with Crippen molar-refractivity contribution in [1.82, 2.24) is 5.32 Å². The lowest BCUT2D eigenvalue weighted by atomic mass is 9.79. The number of nitrogens with one attached hydrogen (secondary N) is 1. The van der Waals surface area contributed by atoms with Gasteiger partial charge >= 0.3 is 5.97 Å². The van der Waals surface area contributed by atoms with E-state index in [-0.39, 0.29) is 18.4 Å². The number of carboxylic acid groups (broad SMARTS) is 1. The molecule has 1 aliphatic carbocycles. The monoisotopic (exact) mass is 283 g/mol. The highest BCUT2D eigenvalue weighted by atomic mass is 16.4. The average Bonchev–Trinajstić information content (AvgIpc) is 2.48. The molecule has 0 bridgehead atoms. The second kappa shape index (κ2) is 7.65. The smallest absolute Gasteiger partial charge is 0.311 e. The van der Waals surface area contributed by atoms with Crippen molar-refractivity contribution >= 4 is 11.9 Å². The van der Waals surface area contributed by atoms with Crippen LogP contribution < -0.4 is 5.32 Å². The Hall–Kier alpha value is -1.06. The van der Waals surface area contributed by atoms with Gasteiger partial charge in [0.05, 0.1) is 5.41 Å². The van der Waals surface area contributed by atoms with Crippen LogP contribution >= 0.6 is 0 Å². The first-order valence-electron chi connectivity index (χ1n) is 8.00. The Labute approximate surface area is 122 Å². The topological polar surface area (TPSA) is 66.4 Å². The number of hydrogen-bond acceptors (Lipinski definition) is 2. The minimum absolute atomic E-state index is 0.0482. The third-order valence-electron chi connectivity index (χ3n) is 5.20. The Balaban J connectivity index is 2.48. The van der Waals surface area contributed by atoms with Crippen molar-refractivity contribution in [2.45, 2.75) is 65.7 Å². The maximum absolute atomic E-state index is 12.2. The quantitative estimate of drug-likeness (QED) is 0.754. The van der Waals surface area contributed by atoms with Gasteiger partial charge in [-0.05, 0) is 44.4 Å². The Kier molecular flexibility index (Phi) is 6.50. The first kappa shape index (κ1) is 17.0. The highest BCUT2D eigenvalue weighted by molar-refractivity contribution is 5.80. The van der Waals surface area contributed by atoms with Crippen molar-refractivity contribution in [2.75, 3.05) is 6.54 Å². The summed E-state index contributed by atoms with van der Waals surface area (Å²) in [4.78, 5) is 23.6. The summed E-state index contributed by atoms with van der Waals surface area (Å²) in [7, 11) is 0. The zero-order chi connectivity index (χ0) is 15.2. The summed E-state index contributed by atoms with van der Waals surface area (Å²) >= 11 is 0. The zero-order valence-corrected chi connectivity index (χ0v) is 13.1. The Bertz CT molecular complexity index is 329. The molecule has 20 heavy (non-hydrogen) atoms. The molecule has 0 heterocycles. The first-order chi connectivity index (χ1) is 9.49. The fourth-order valence-electron chi connectivity index (χ4n) is 3.11. The van der Waals surface area contributed by atoms with Crippen molar-refractivity contribution in [3.05, 3.63) is 0 Å². The van der Waals surface area contributed by atoms with Crippen LogP contribution in [0.25, 0.3) is 0 Å². The van der Waals surface area contributed by atoms with Crippen molar-refractivity contribution in [1.29, 1.82) is 0 Å². The number of carbonyl (C=O) groups is 2. The Morgan fingerprint density at radius 1 is 1.10 bits per heavy atom. The van der Waals surface area contributed by atoms with Crippen LogP contribution in [0.15, 0.2) is 0 Å². The highest BCUT2D eigenvalue weighted by Crippen LogP contribution is 2.31. The van der Waals surface area contributed by atoms with Gasteiger partial charge in [-0.2, -0.15) is 0 Å². The second-order valence-corrected chi connectivity index (χ2v) is 6.14.